The highest BCUT2D eigenvalue weighted by molar-refractivity contribution is 7.10. The first kappa shape index (κ1) is 18.6. The first-order valence-corrected chi connectivity index (χ1v) is 10.0. The molecular weight excluding hydrogens is 378 g/mol. The molecule has 3 heterocycles. The summed E-state index contributed by atoms with van der Waals surface area (Å²) in [6.07, 6.45) is 2.04. The molecule has 0 aliphatic carbocycles. The van der Waals surface area contributed by atoms with Crippen LogP contribution in [0.15, 0.2) is 29.6 Å². The van der Waals surface area contributed by atoms with Crippen LogP contribution in [-0.4, -0.2) is 35.9 Å². The average molecular weight is 399 g/mol. The van der Waals surface area contributed by atoms with E-state index in [0.29, 0.717) is 17.0 Å². The molecule has 2 aliphatic heterocycles. The largest absolute Gasteiger partial charge is 0.383 e. The van der Waals surface area contributed by atoms with Gasteiger partial charge in [-0.3, -0.25) is 14.4 Å². The highest BCUT2D eigenvalue weighted by atomic mass is 32.1. The van der Waals surface area contributed by atoms with E-state index in [1.54, 1.807) is 24.0 Å². The van der Waals surface area contributed by atoms with Crippen LogP contribution in [0.25, 0.3) is 0 Å². The van der Waals surface area contributed by atoms with Crippen LogP contribution < -0.4 is 15.5 Å². The number of hydrogen-bond donors (Lipinski definition) is 3. The van der Waals surface area contributed by atoms with E-state index < -0.39 is 17.4 Å². The summed E-state index contributed by atoms with van der Waals surface area (Å²) < 4.78 is 0. The molecule has 0 fully saturated rings. The molecule has 0 radical (unpaired) electrons. The summed E-state index contributed by atoms with van der Waals surface area (Å²) in [5.41, 5.74) is 2.14. The van der Waals surface area contributed by atoms with Crippen LogP contribution in [0.1, 0.15) is 29.3 Å². The molecule has 1 aromatic carbocycles. The molecule has 1 atom stereocenters. The molecule has 4 rings (SSSR count). The fraction of sp³-hybridized carbons (Fsp3) is 0.350. The summed E-state index contributed by atoms with van der Waals surface area (Å²) in [5, 5.41) is 17.4. The number of amides is 3. The molecule has 7 nitrogen and oxygen atoms in total. The van der Waals surface area contributed by atoms with Crippen molar-refractivity contribution in [1.82, 2.24) is 5.32 Å². The van der Waals surface area contributed by atoms with Gasteiger partial charge in [0.05, 0.1) is 18.7 Å². The summed E-state index contributed by atoms with van der Waals surface area (Å²) in [4.78, 5) is 39.1. The maximum Gasteiger partial charge on any atom is 0.313 e. The second-order valence-electron chi connectivity index (χ2n) is 7.36. The normalized spacial score (nSPS) is 17.1. The van der Waals surface area contributed by atoms with Crippen molar-refractivity contribution >= 4 is 40.4 Å². The van der Waals surface area contributed by atoms with E-state index in [1.165, 1.54) is 11.3 Å². The molecule has 0 spiro atoms. The Morgan fingerprint density at radius 3 is 2.82 bits per heavy atom. The van der Waals surface area contributed by atoms with Crippen molar-refractivity contribution in [3.8, 4) is 0 Å². The minimum absolute atomic E-state index is 0.0708. The number of benzene rings is 1. The molecule has 3 amide bonds. The van der Waals surface area contributed by atoms with Crippen LogP contribution in [0.2, 0.25) is 0 Å². The zero-order chi connectivity index (χ0) is 19.9. The third-order valence-electron chi connectivity index (χ3n) is 5.12. The Hall–Kier alpha value is -2.71. The van der Waals surface area contributed by atoms with E-state index in [4.69, 9.17) is 0 Å². The highest BCUT2D eigenvalue weighted by Crippen LogP contribution is 2.38. The summed E-state index contributed by atoms with van der Waals surface area (Å²) >= 11 is 1.38. The van der Waals surface area contributed by atoms with Crippen LogP contribution in [0.4, 0.5) is 11.4 Å². The van der Waals surface area contributed by atoms with Crippen LogP contribution in [0.3, 0.4) is 0 Å². The van der Waals surface area contributed by atoms with Gasteiger partial charge in [-0.15, -0.1) is 11.3 Å². The van der Waals surface area contributed by atoms with E-state index in [9.17, 15) is 19.5 Å². The standard InChI is InChI=1S/C20H21N3O4S/c1-20(27,15-5-3-7-28-15)11-21-18(25)19(26)22-14-8-12-4-2-6-23-16(24)10-13(9-14)17(12)23/h3,5,7-9,27H,2,4,6,10-11H2,1H3,(H,21,25)(H,22,26). The van der Waals surface area contributed by atoms with Gasteiger partial charge in [-0.05, 0) is 54.5 Å². The summed E-state index contributed by atoms with van der Waals surface area (Å²) in [6, 6.07) is 7.18. The third-order valence-corrected chi connectivity index (χ3v) is 6.24. The first-order valence-electron chi connectivity index (χ1n) is 9.17. The molecule has 3 N–H and O–H groups in total. The molecule has 146 valence electrons. The lowest BCUT2D eigenvalue weighted by Gasteiger charge is -2.26. The van der Waals surface area contributed by atoms with Crippen molar-refractivity contribution in [1.29, 1.82) is 0 Å². The topological polar surface area (TPSA) is 98.7 Å². The Bertz CT molecular complexity index is 953. The fourth-order valence-corrected chi connectivity index (χ4v) is 4.53. The summed E-state index contributed by atoms with van der Waals surface area (Å²) in [5.74, 6) is -1.54. The lowest BCUT2D eigenvalue weighted by molar-refractivity contribution is -0.136. The van der Waals surface area contributed by atoms with E-state index in [1.807, 2.05) is 17.5 Å². The number of hydrogen-bond acceptors (Lipinski definition) is 5. The quantitative estimate of drug-likeness (QED) is 0.680. The van der Waals surface area contributed by atoms with Crippen molar-refractivity contribution in [3.05, 3.63) is 45.6 Å². The second-order valence-corrected chi connectivity index (χ2v) is 8.30. The van der Waals surface area contributed by atoms with E-state index in [2.05, 4.69) is 10.6 Å². The van der Waals surface area contributed by atoms with E-state index >= 15 is 0 Å². The lowest BCUT2D eigenvalue weighted by atomic mass is 9.99. The Labute approximate surface area is 166 Å². The molecule has 2 aliphatic rings. The molecule has 28 heavy (non-hydrogen) atoms. The molecule has 1 unspecified atom stereocenters. The minimum atomic E-state index is -1.24. The molecule has 1 aromatic heterocycles. The van der Waals surface area contributed by atoms with Gasteiger partial charge in [-0.25, -0.2) is 0 Å². The predicted molar refractivity (Wildman–Crippen MR) is 106 cm³/mol. The Morgan fingerprint density at radius 2 is 2.07 bits per heavy atom. The van der Waals surface area contributed by atoms with Crippen molar-refractivity contribution < 1.29 is 19.5 Å². The number of aryl methyl sites for hydroxylation is 1. The number of carbonyl (C=O) groups excluding carboxylic acids is 3. The number of rotatable bonds is 4. The molecule has 0 saturated heterocycles. The lowest BCUT2D eigenvalue weighted by Crippen LogP contribution is -2.43. The van der Waals surface area contributed by atoms with Crippen molar-refractivity contribution in [2.75, 3.05) is 23.3 Å². The first-order chi connectivity index (χ1) is 13.3. The van der Waals surface area contributed by atoms with Crippen LogP contribution in [0.5, 0.6) is 0 Å². The van der Waals surface area contributed by atoms with Crippen LogP contribution >= 0.6 is 11.3 Å². The summed E-state index contributed by atoms with van der Waals surface area (Å²) in [6.45, 7) is 2.25. The van der Waals surface area contributed by atoms with Gasteiger partial charge < -0.3 is 20.6 Å². The molecule has 0 saturated carbocycles. The van der Waals surface area contributed by atoms with Gasteiger partial charge in [-0.2, -0.15) is 0 Å². The van der Waals surface area contributed by atoms with Crippen molar-refractivity contribution in [3.63, 3.8) is 0 Å². The van der Waals surface area contributed by atoms with E-state index in [0.717, 1.165) is 36.2 Å². The maximum atomic E-state index is 12.3. The number of nitrogens with one attached hydrogen (secondary N) is 2. The number of anilines is 2. The van der Waals surface area contributed by atoms with Crippen molar-refractivity contribution in [2.24, 2.45) is 0 Å². The zero-order valence-corrected chi connectivity index (χ0v) is 16.3. The number of aliphatic hydroxyl groups is 1. The Balaban J connectivity index is 1.42. The van der Waals surface area contributed by atoms with Gasteiger partial charge >= 0.3 is 11.8 Å². The Morgan fingerprint density at radius 1 is 1.29 bits per heavy atom. The Kier molecular flexibility index (Phi) is 4.68. The van der Waals surface area contributed by atoms with Crippen LogP contribution in [-0.2, 0) is 32.8 Å². The average Bonchev–Trinajstić information content (AvgIpc) is 3.30. The molecule has 0 bridgehead atoms. The molecule has 8 heteroatoms. The van der Waals surface area contributed by atoms with Gasteiger partial charge in [-0.1, -0.05) is 6.07 Å². The molecular formula is C20H21N3O4S. The van der Waals surface area contributed by atoms with Crippen LogP contribution in [0, 0.1) is 0 Å². The maximum absolute atomic E-state index is 12.3. The number of carbonyl (C=O) groups is 3. The third kappa shape index (κ3) is 3.41. The van der Waals surface area contributed by atoms with Gasteiger partial charge in [0.2, 0.25) is 5.91 Å². The molecule has 2 aromatic rings. The van der Waals surface area contributed by atoms with Crippen molar-refractivity contribution in [2.45, 2.75) is 31.8 Å². The second kappa shape index (κ2) is 7.03. The highest BCUT2D eigenvalue weighted by Gasteiger charge is 2.33. The zero-order valence-electron chi connectivity index (χ0n) is 15.4. The number of nitrogens with zero attached hydrogens (tertiary/aromatic N) is 1. The van der Waals surface area contributed by atoms with Gasteiger partial charge in [0, 0.05) is 17.1 Å². The predicted octanol–water partition coefficient (Wildman–Crippen LogP) is 1.55. The van der Waals surface area contributed by atoms with Gasteiger partial charge in [0.1, 0.15) is 5.60 Å². The fourth-order valence-electron chi connectivity index (χ4n) is 3.74. The van der Waals surface area contributed by atoms with Gasteiger partial charge in [0.15, 0.2) is 0 Å². The number of thiophene rings is 1. The van der Waals surface area contributed by atoms with Gasteiger partial charge in [0.25, 0.3) is 0 Å². The smallest absolute Gasteiger partial charge is 0.313 e. The summed E-state index contributed by atoms with van der Waals surface area (Å²) in [7, 11) is 0. The van der Waals surface area contributed by atoms with E-state index in [-0.39, 0.29) is 12.5 Å². The SMILES string of the molecule is CC(O)(CNC(=O)C(=O)Nc1cc2c3c(c1)CC(=O)N3CCC2)c1cccs1. The monoisotopic (exact) mass is 399 g/mol. The minimum Gasteiger partial charge on any atom is -0.383 e.